The van der Waals surface area contributed by atoms with Gasteiger partial charge in [-0.1, -0.05) is 66.7 Å². The molecule has 0 spiro atoms. The topological polar surface area (TPSA) is 90.9 Å². The summed E-state index contributed by atoms with van der Waals surface area (Å²) in [5, 5.41) is 8.49. The van der Waals surface area contributed by atoms with Crippen LogP contribution in [0.2, 0.25) is 0 Å². The molecule has 186 valence electrons. The summed E-state index contributed by atoms with van der Waals surface area (Å²) in [4.78, 5) is 45.3. The van der Waals surface area contributed by atoms with E-state index < -0.39 is 18.1 Å². The lowest BCUT2D eigenvalue weighted by molar-refractivity contribution is -0.130. The van der Waals surface area contributed by atoms with Crippen molar-refractivity contribution in [1.29, 1.82) is 0 Å². The first-order valence-electron chi connectivity index (χ1n) is 12.0. The summed E-state index contributed by atoms with van der Waals surface area (Å²) in [7, 11) is 1.67. The first kappa shape index (κ1) is 24.4. The van der Waals surface area contributed by atoms with E-state index >= 15 is 0 Å². The Hall–Kier alpha value is -4.30. The fourth-order valence-electron chi connectivity index (χ4n) is 4.40. The summed E-state index contributed by atoms with van der Waals surface area (Å²) < 4.78 is 1.11. The average Bonchev–Trinajstić information content (AvgIpc) is 3.28. The van der Waals surface area contributed by atoms with Crippen LogP contribution in [0.15, 0.2) is 89.2 Å². The highest BCUT2D eigenvalue weighted by molar-refractivity contribution is 7.17. The van der Waals surface area contributed by atoms with Gasteiger partial charge in [0, 0.05) is 22.9 Å². The van der Waals surface area contributed by atoms with E-state index in [1.165, 1.54) is 4.90 Å². The van der Waals surface area contributed by atoms with Crippen LogP contribution in [0.1, 0.15) is 23.6 Å². The molecule has 2 atom stereocenters. The zero-order chi connectivity index (χ0) is 25.9. The molecule has 37 heavy (non-hydrogen) atoms. The average molecular weight is 511 g/mol. The summed E-state index contributed by atoms with van der Waals surface area (Å²) in [5.74, 6) is -1.12. The number of benzene rings is 3. The molecular formula is C29H26N4O3S. The fraction of sp³-hybridized carbons (Fsp3) is 0.172. The predicted octanol–water partition coefficient (Wildman–Crippen LogP) is 3.90. The van der Waals surface area contributed by atoms with Gasteiger partial charge in [-0.2, -0.15) is 0 Å². The van der Waals surface area contributed by atoms with E-state index in [9.17, 15) is 14.4 Å². The molecule has 3 aromatic carbocycles. The number of nitrogens with one attached hydrogen (secondary N) is 2. The number of anilines is 1. The molecule has 1 aliphatic rings. The molecule has 0 radical (unpaired) electrons. The Bertz CT molecular complexity index is 1510. The number of fused-ring (bicyclic) bond motifs is 2. The van der Waals surface area contributed by atoms with Crippen LogP contribution >= 0.6 is 11.3 Å². The summed E-state index contributed by atoms with van der Waals surface area (Å²) in [6.07, 6.45) is -0.974. The Morgan fingerprint density at radius 2 is 1.70 bits per heavy atom. The lowest BCUT2D eigenvalue weighted by Crippen LogP contribution is -2.52. The second-order valence-corrected chi connectivity index (χ2v) is 9.80. The molecule has 0 aliphatic carbocycles. The molecule has 2 heterocycles. The monoisotopic (exact) mass is 510 g/mol. The molecule has 1 aromatic heterocycles. The Labute approximate surface area is 218 Å². The molecule has 2 N–H and O–H groups in total. The van der Waals surface area contributed by atoms with Crippen molar-refractivity contribution in [2.45, 2.75) is 25.6 Å². The maximum Gasteiger partial charge on any atom is 0.272 e. The molecule has 0 fully saturated rings. The minimum atomic E-state index is -1.14. The number of likely N-dealkylation sites (N-methyl/N-ethyl adjacent to an activating group) is 1. The highest BCUT2D eigenvalue weighted by atomic mass is 32.1. The predicted molar refractivity (Wildman–Crippen MR) is 147 cm³/mol. The van der Waals surface area contributed by atoms with Crippen LogP contribution < -0.4 is 15.5 Å². The van der Waals surface area contributed by atoms with Gasteiger partial charge in [-0.3, -0.25) is 14.4 Å². The maximum atomic E-state index is 13.3. The van der Waals surface area contributed by atoms with Gasteiger partial charge >= 0.3 is 0 Å². The van der Waals surface area contributed by atoms with Gasteiger partial charge in [-0.25, -0.2) is 4.99 Å². The second kappa shape index (κ2) is 10.4. The summed E-state index contributed by atoms with van der Waals surface area (Å²) in [6.45, 7) is 1.60. The van der Waals surface area contributed by atoms with E-state index in [4.69, 9.17) is 4.99 Å². The molecular weight excluding hydrogens is 484 g/mol. The van der Waals surface area contributed by atoms with Crippen molar-refractivity contribution in [3.63, 3.8) is 0 Å². The number of benzodiazepines with no additional fused rings is 1. The molecule has 8 heteroatoms. The van der Waals surface area contributed by atoms with Crippen LogP contribution in [-0.4, -0.2) is 42.7 Å². The number of hydrogen-bond acceptors (Lipinski definition) is 5. The number of aliphatic imine (C=N–C) groups is 1. The number of thiophene rings is 1. The van der Waals surface area contributed by atoms with Gasteiger partial charge in [-0.15, -0.1) is 11.3 Å². The Kier molecular flexibility index (Phi) is 6.83. The Morgan fingerprint density at radius 1 is 1.00 bits per heavy atom. The van der Waals surface area contributed by atoms with Gasteiger partial charge in [0.25, 0.3) is 5.91 Å². The van der Waals surface area contributed by atoms with Crippen molar-refractivity contribution >= 4 is 50.5 Å². The van der Waals surface area contributed by atoms with Crippen LogP contribution in [0.5, 0.6) is 0 Å². The normalized spacial score (nSPS) is 15.9. The summed E-state index contributed by atoms with van der Waals surface area (Å²) in [5.41, 5.74) is 3.87. The van der Waals surface area contributed by atoms with Gasteiger partial charge in [0.1, 0.15) is 6.04 Å². The van der Waals surface area contributed by atoms with Crippen LogP contribution in [0.25, 0.3) is 10.1 Å². The summed E-state index contributed by atoms with van der Waals surface area (Å²) in [6, 6.07) is 24.1. The van der Waals surface area contributed by atoms with Crippen molar-refractivity contribution in [3.05, 3.63) is 101 Å². The number of rotatable bonds is 6. The molecule has 0 unspecified atom stereocenters. The van der Waals surface area contributed by atoms with E-state index in [0.29, 0.717) is 11.4 Å². The van der Waals surface area contributed by atoms with Crippen molar-refractivity contribution in [2.75, 3.05) is 11.9 Å². The van der Waals surface area contributed by atoms with E-state index in [0.717, 1.165) is 26.8 Å². The smallest absolute Gasteiger partial charge is 0.272 e. The SMILES string of the molecule is C[C@H](NC(=O)Cc1csc2ccccc12)C(=O)N[C@H]1N=C(c2ccccc2)c2ccccc2N(C)C1=O. The van der Waals surface area contributed by atoms with E-state index in [2.05, 4.69) is 10.6 Å². The number of nitrogens with zero attached hydrogens (tertiary/aromatic N) is 2. The molecule has 0 bridgehead atoms. The van der Waals surface area contributed by atoms with Gasteiger partial charge in [0.15, 0.2) is 0 Å². The number of para-hydroxylation sites is 1. The lowest BCUT2D eigenvalue weighted by atomic mass is 10.0. The van der Waals surface area contributed by atoms with Crippen LogP contribution in [0.4, 0.5) is 5.69 Å². The molecule has 0 saturated carbocycles. The minimum absolute atomic E-state index is 0.165. The third-order valence-electron chi connectivity index (χ3n) is 6.35. The van der Waals surface area contributed by atoms with Crippen LogP contribution in [0.3, 0.4) is 0 Å². The zero-order valence-electron chi connectivity index (χ0n) is 20.5. The molecule has 5 rings (SSSR count). The Balaban J connectivity index is 1.34. The van der Waals surface area contributed by atoms with Crippen molar-refractivity contribution in [1.82, 2.24) is 10.6 Å². The maximum absolute atomic E-state index is 13.3. The fourth-order valence-corrected chi connectivity index (χ4v) is 5.37. The lowest BCUT2D eigenvalue weighted by Gasteiger charge is -2.22. The molecule has 7 nitrogen and oxygen atoms in total. The van der Waals surface area contributed by atoms with Gasteiger partial charge < -0.3 is 15.5 Å². The third kappa shape index (κ3) is 5.01. The van der Waals surface area contributed by atoms with Crippen LogP contribution in [-0.2, 0) is 20.8 Å². The highest BCUT2D eigenvalue weighted by Crippen LogP contribution is 2.27. The Morgan fingerprint density at radius 3 is 2.51 bits per heavy atom. The third-order valence-corrected chi connectivity index (χ3v) is 7.36. The minimum Gasteiger partial charge on any atom is -0.344 e. The van der Waals surface area contributed by atoms with E-state index in [-0.39, 0.29) is 18.2 Å². The van der Waals surface area contributed by atoms with E-state index in [1.807, 2.05) is 84.2 Å². The first-order chi connectivity index (χ1) is 17.9. The zero-order valence-corrected chi connectivity index (χ0v) is 21.3. The van der Waals surface area contributed by atoms with Crippen LogP contribution in [0, 0.1) is 0 Å². The number of amides is 3. The number of carbonyl (C=O) groups excluding carboxylic acids is 3. The molecule has 0 saturated heterocycles. The van der Waals surface area contributed by atoms with Gasteiger partial charge in [0.2, 0.25) is 18.0 Å². The standard InChI is InChI=1S/C29H26N4O3S/c1-18(30-25(34)16-20-17-37-24-15-9-7-12-21(20)24)28(35)32-27-29(36)33(2)23-14-8-6-13-22(23)26(31-27)19-10-4-3-5-11-19/h3-15,17-18,27H,16H2,1-2H3,(H,30,34)(H,32,35)/t18-,27+/m0/s1. The van der Waals surface area contributed by atoms with Crippen molar-refractivity contribution in [3.8, 4) is 0 Å². The second-order valence-electron chi connectivity index (χ2n) is 8.89. The van der Waals surface area contributed by atoms with Crippen molar-refractivity contribution in [2.24, 2.45) is 4.99 Å². The molecule has 4 aromatic rings. The highest BCUT2D eigenvalue weighted by Gasteiger charge is 2.32. The molecule has 1 aliphatic heterocycles. The quantitative estimate of drug-likeness (QED) is 0.412. The van der Waals surface area contributed by atoms with Gasteiger partial charge in [-0.05, 0) is 35.4 Å². The number of hydrogen-bond donors (Lipinski definition) is 2. The molecule has 3 amide bonds. The largest absolute Gasteiger partial charge is 0.344 e. The van der Waals surface area contributed by atoms with Gasteiger partial charge in [0.05, 0.1) is 17.8 Å². The van der Waals surface area contributed by atoms with Crippen molar-refractivity contribution < 1.29 is 14.4 Å². The summed E-state index contributed by atoms with van der Waals surface area (Å²) >= 11 is 1.58. The first-order valence-corrected chi connectivity index (χ1v) is 12.9. The number of carbonyl (C=O) groups is 3. The van der Waals surface area contributed by atoms with E-state index in [1.54, 1.807) is 25.3 Å².